The van der Waals surface area contributed by atoms with Crippen molar-refractivity contribution in [3.8, 4) is 0 Å². The molecule has 7 nitrogen and oxygen atoms in total. The molecule has 0 radical (unpaired) electrons. The third-order valence-corrected chi connectivity index (χ3v) is 4.12. The zero-order chi connectivity index (χ0) is 11.9. The molecule has 0 aliphatic carbocycles. The van der Waals surface area contributed by atoms with Gasteiger partial charge in [-0.05, 0) is 13.8 Å². The van der Waals surface area contributed by atoms with Crippen molar-refractivity contribution in [2.45, 2.75) is 19.4 Å². The predicted molar refractivity (Wildman–Crippen MR) is 53.5 cm³/mol. The summed E-state index contributed by atoms with van der Waals surface area (Å²) < 4.78 is 26.8. The fourth-order valence-electron chi connectivity index (χ4n) is 1.26. The molecule has 15 heavy (non-hydrogen) atoms. The maximum Gasteiger partial charge on any atom is 0.342 e. The monoisotopic (exact) mass is 259 g/mol. The molecule has 90 valence electrons. The lowest BCUT2D eigenvalue weighted by Gasteiger charge is -2.42. The number of hydrogen-bond donors (Lipinski definition) is 3. The van der Waals surface area contributed by atoms with Crippen LogP contribution in [0.15, 0.2) is 0 Å². The van der Waals surface area contributed by atoms with Crippen LogP contribution in [0.5, 0.6) is 0 Å². The van der Waals surface area contributed by atoms with E-state index in [0.29, 0.717) is 0 Å². The van der Waals surface area contributed by atoms with Gasteiger partial charge in [0.1, 0.15) is 12.6 Å². The maximum atomic E-state index is 11.3. The predicted octanol–water partition coefficient (Wildman–Crippen LogP) is 0.375. The van der Waals surface area contributed by atoms with Gasteiger partial charge in [-0.15, -0.1) is 0 Å². The Morgan fingerprint density at radius 1 is 1.53 bits per heavy atom. The van der Waals surface area contributed by atoms with Crippen LogP contribution in [0.4, 0.5) is 0 Å². The van der Waals surface area contributed by atoms with Crippen LogP contribution in [0.3, 0.4) is 0 Å². The fourth-order valence-corrected chi connectivity index (χ4v) is 3.86. The van der Waals surface area contributed by atoms with Gasteiger partial charge in [0.15, 0.2) is 0 Å². The van der Waals surface area contributed by atoms with Gasteiger partial charge in [0.05, 0.1) is 6.61 Å². The van der Waals surface area contributed by atoms with Crippen molar-refractivity contribution in [2.24, 2.45) is 0 Å². The van der Waals surface area contributed by atoms with Crippen LogP contribution < -0.4 is 0 Å². The summed E-state index contributed by atoms with van der Waals surface area (Å²) in [5, 5.41) is 0. The highest BCUT2D eigenvalue weighted by molar-refractivity contribution is 7.53. The Bertz CT molecular complexity index is 335. The third kappa shape index (κ3) is 3.96. The second-order valence-electron chi connectivity index (χ2n) is 4.21. The molecule has 1 unspecified atom stereocenters. The molecule has 1 heterocycles. The van der Waals surface area contributed by atoms with Gasteiger partial charge in [-0.25, -0.2) is 0 Å². The van der Waals surface area contributed by atoms with Gasteiger partial charge in [-0.1, -0.05) is 0 Å². The van der Waals surface area contributed by atoms with Gasteiger partial charge in [0.2, 0.25) is 0 Å². The van der Waals surface area contributed by atoms with E-state index in [-0.39, 0.29) is 12.9 Å². The Labute approximate surface area is 87.7 Å². The molecule has 0 bridgehead atoms. The minimum atomic E-state index is -4.23. The van der Waals surface area contributed by atoms with Crippen LogP contribution in [0.1, 0.15) is 13.8 Å². The largest absolute Gasteiger partial charge is 0.342 e. The first-order valence-electron chi connectivity index (χ1n) is 4.28. The van der Waals surface area contributed by atoms with Gasteiger partial charge < -0.3 is 19.2 Å². The first kappa shape index (κ1) is 13.3. The SMILES string of the molecule is CC1(C)COP(=O)(O)CN1CP(=O)(O)O. The minimum Gasteiger partial charge on any atom is -0.324 e. The van der Waals surface area contributed by atoms with Crippen molar-refractivity contribution < 1.29 is 28.3 Å². The van der Waals surface area contributed by atoms with Crippen LogP contribution in [0, 0.1) is 0 Å². The molecule has 0 aromatic rings. The molecule has 0 amide bonds. The molecular weight excluding hydrogens is 244 g/mol. The molecule has 9 heteroatoms. The van der Waals surface area contributed by atoms with E-state index in [4.69, 9.17) is 14.3 Å². The van der Waals surface area contributed by atoms with Gasteiger partial charge in [-0.3, -0.25) is 14.0 Å². The topological polar surface area (TPSA) is 107 Å². The molecule has 1 rings (SSSR count). The van der Waals surface area contributed by atoms with Crippen molar-refractivity contribution in [3.63, 3.8) is 0 Å². The molecule has 0 aromatic carbocycles. The quantitative estimate of drug-likeness (QED) is 0.615. The van der Waals surface area contributed by atoms with Crippen LogP contribution in [0.2, 0.25) is 0 Å². The van der Waals surface area contributed by atoms with Crippen molar-refractivity contribution >= 4 is 15.2 Å². The van der Waals surface area contributed by atoms with Crippen molar-refractivity contribution in [3.05, 3.63) is 0 Å². The van der Waals surface area contributed by atoms with Crippen molar-refractivity contribution in [1.29, 1.82) is 0 Å². The lowest BCUT2D eigenvalue weighted by atomic mass is 10.1. The fraction of sp³-hybridized carbons (Fsp3) is 1.00. The molecular formula is C6H15NO6P2. The zero-order valence-electron chi connectivity index (χ0n) is 8.53. The Hall–Kier alpha value is 0.260. The van der Waals surface area contributed by atoms with Crippen LogP contribution in [0.25, 0.3) is 0 Å². The number of hydrogen-bond acceptors (Lipinski definition) is 4. The Morgan fingerprint density at radius 2 is 2.07 bits per heavy atom. The van der Waals surface area contributed by atoms with E-state index in [9.17, 15) is 14.0 Å². The standard InChI is InChI=1S/C6H15NO6P2/c1-6(2)3-13-15(11,12)5-7(6)4-14(8,9)10/h3-5H2,1-2H3,(H,11,12)(H2,8,9,10). The van der Waals surface area contributed by atoms with Gasteiger partial charge in [0.25, 0.3) is 0 Å². The highest BCUT2D eigenvalue weighted by atomic mass is 31.2. The summed E-state index contributed by atoms with van der Waals surface area (Å²) in [5.41, 5.74) is -0.655. The molecule has 1 aliphatic rings. The van der Waals surface area contributed by atoms with E-state index in [1.54, 1.807) is 13.8 Å². The summed E-state index contributed by atoms with van der Waals surface area (Å²) in [6, 6.07) is 0. The average molecular weight is 259 g/mol. The highest BCUT2D eigenvalue weighted by Gasteiger charge is 2.42. The first-order chi connectivity index (χ1) is 6.52. The molecule has 1 saturated heterocycles. The second kappa shape index (κ2) is 3.93. The van der Waals surface area contributed by atoms with E-state index < -0.39 is 27.0 Å². The number of rotatable bonds is 2. The third-order valence-electron chi connectivity index (χ3n) is 2.18. The van der Waals surface area contributed by atoms with Crippen LogP contribution in [-0.4, -0.2) is 44.3 Å². The van der Waals surface area contributed by atoms with Crippen LogP contribution >= 0.6 is 15.2 Å². The molecule has 0 spiro atoms. The van der Waals surface area contributed by atoms with Crippen LogP contribution in [-0.2, 0) is 13.7 Å². The summed E-state index contributed by atoms with van der Waals surface area (Å²) in [6.07, 6.45) is -0.890. The lowest BCUT2D eigenvalue weighted by molar-refractivity contribution is 0.0491. The Morgan fingerprint density at radius 3 is 2.53 bits per heavy atom. The molecule has 1 fully saturated rings. The summed E-state index contributed by atoms with van der Waals surface area (Å²) in [6.45, 7) is 3.37. The summed E-state index contributed by atoms with van der Waals surface area (Å²) >= 11 is 0. The van der Waals surface area contributed by atoms with Gasteiger partial charge >= 0.3 is 15.2 Å². The van der Waals surface area contributed by atoms with Crippen molar-refractivity contribution in [2.75, 3.05) is 19.2 Å². The Balaban J connectivity index is 2.83. The van der Waals surface area contributed by atoms with E-state index in [1.165, 1.54) is 4.90 Å². The molecule has 3 N–H and O–H groups in total. The van der Waals surface area contributed by atoms with Gasteiger partial charge in [0, 0.05) is 5.54 Å². The van der Waals surface area contributed by atoms with E-state index >= 15 is 0 Å². The second-order valence-corrected chi connectivity index (χ2v) is 7.64. The highest BCUT2D eigenvalue weighted by Crippen LogP contribution is 2.51. The maximum absolute atomic E-state index is 11.3. The van der Waals surface area contributed by atoms with Crippen molar-refractivity contribution in [1.82, 2.24) is 4.90 Å². The summed E-state index contributed by atoms with van der Waals surface area (Å²) in [5.74, 6) is 0. The lowest BCUT2D eigenvalue weighted by Crippen LogP contribution is -2.51. The summed E-state index contributed by atoms with van der Waals surface area (Å²) in [7, 11) is -7.96. The molecule has 0 saturated carbocycles. The summed E-state index contributed by atoms with van der Waals surface area (Å²) in [4.78, 5) is 28.2. The average Bonchev–Trinajstić information content (AvgIpc) is 1.95. The van der Waals surface area contributed by atoms with E-state index in [1.807, 2.05) is 0 Å². The molecule has 1 aliphatic heterocycles. The normalized spacial score (nSPS) is 32.9. The Kier molecular flexibility index (Phi) is 3.49. The smallest absolute Gasteiger partial charge is 0.324 e. The van der Waals surface area contributed by atoms with E-state index in [0.717, 1.165) is 0 Å². The number of nitrogens with zero attached hydrogens (tertiary/aromatic N) is 1. The zero-order valence-corrected chi connectivity index (χ0v) is 10.3. The van der Waals surface area contributed by atoms with E-state index in [2.05, 4.69) is 0 Å². The molecule has 1 atom stereocenters. The van der Waals surface area contributed by atoms with Gasteiger partial charge in [-0.2, -0.15) is 0 Å². The molecule has 0 aromatic heterocycles. The first-order valence-corrected chi connectivity index (χ1v) is 7.84. The minimum absolute atomic E-state index is 0.0270.